The minimum atomic E-state index is -1.09. The summed E-state index contributed by atoms with van der Waals surface area (Å²) in [6, 6.07) is 4.98. The lowest BCUT2D eigenvalue weighted by Gasteiger charge is -2.10. The van der Waals surface area contributed by atoms with Gasteiger partial charge in [0.25, 0.3) is 0 Å². The molecule has 0 radical (unpaired) electrons. The van der Waals surface area contributed by atoms with E-state index in [1.54, 1.807) is 18.2 Å². The third-order valence-electron chi connectivity index (χ3n) is 2.54. The highest BCUT2D eigenvalue weighted by Crippen LogP contribution is 2.28. The molecule has 1 N–H and O–H groups in total. The molecule has 0 aliphatic rings. The Hall–Kier alpha value is -2.35. The van der Waals surface area contributed by atoms with Gasteiger partial charge in [0.05, 0.1) is 16.2 Å². The average Bonchev–Trinajstić information content (AvgIpc) is 2.88. The Bertz CT molecular complexity index is 668. The first-order valence-corrected chi connectivity index (χ1v) is 6.71. The number of aromatic nitrogens is 2. The summed E-state index contributed by atoms with van der Waals surface area (Å²) in [5, 5.41) is 23.9. The van der Waals surface area contributed by atoms with E-state index in [1.807, 2.05) is 6.92 Å². The Labute approximate surface area is 118 Å². The minimum absolute atomic E-state index is 0.0948. The van der Waals surface area contributed by atoms with Gasteiger partial charge in [0.2, 0.25) is 0 Å². The highest BCUT2D eigenvalue weighted by molar-refractivity contribution is 7.99. The quantitative estimate of drug-likeness (QED) is 0.517. The van der Waals surface area contributed by atoms with E-state index in [4.69, 9.17) is 0 Å². The van der Waals surface area contributed by atoms with E-state index < -0.39 is 10.9 Å². The Morgan fingerprint density at radius 3 is 2.85 bits per heavy atom. The predicted molar refractivity (Wildman–Crippen MR) is 73.6 cm³/mol. The predicted octanol–water partition coefficient (Wildman–Crippen LogP) is 2.59. The third-order valence-corrected chi connectivity index (χ3v) is 3.48. The summed E-state index contributed by atoms with van der Waals surface area (Å²) >= 11 is 1.40. The van der Waals surface area contributed by atoms with Crippen LogP contribution in [0.25, 0.3) is 5.69 Å². The van der Waals surface area contributed by atoms with Gasteiger partial charge in [-0.15, -0.1) is 11.8 Å². The second kappa shape index (κ2) is 5.74. The first kappa shape index (κ1) is 14.1. The van der Waals surface area contributed by atoms with Crippen LogP contribution in [0.3, 0.4) is 0 Å². The fraction of sp³-hybridized carbons (Fsp3) is 0.167. The molecule has 0 saturated heterocycles. The lowest BCUT2D eigenvalue weighted by Crippen LogP contribution is -2.07. The molecular formula is C12H11N3O4S. The summed E-state index contributed by atoms with van der Waals surface area (Å²) in [5.41, 5.74) is 0.219. The molecule has 7 nitrogen and oxygen atoms in total. The SMILES string of the molecule is CCSc1cccc(-n2cc([N+](=O)[O-])cn2)c1C(=O)O. The van der Waals surface area contributed by atoms with E-state index in [0.717, 1.165) is 11.9 Å². The van der Waals surface area contributed by atoms with Gasteiger partial charge >= 0.3 is 11.7 Å². The van der Waals surface area contributed by atoms with Gasteiger partial charge in [0.15, 0.2) is 0 Å². The molecule has 20 heavy (non-hydrogen) atoms. The standard InChI is InChI=1S/C12H11N3O4S/c1-2-20-10-5-3-4-9(11(10)12(16)17)14-7-8(6-13-14)15(18)19/h3-7H,2H2,1H3,(H,16,17). The van der Waals surface area contributed by atoms with Crippen molar-refractivity contribution >= 4 is 23.4 Å². The molecule has 0 aliphatic heterocycles. The highest BCUT2D eigenvalue weighted by Gasteiger charge is 2.19. The summed E-state index contributed by atoms with van der Waals surface area (Å²) in [6.45, 7) is 1.92. The van der Waals surface area contributed by atoms with Crippen molar-refractivity contribution in [3.05, 3.63) is 46.3 Å². The van der Waals surface area contributed by atoms with E-state index in [9.17, 15) is 20.0 Å². The van der Waals surface area contributed by atoms with Crippen molar-refractivity contribution in [3.63, 3.8) is 0 Å². The molecule has 2 aromatic rings. The molecule has 0 aliphatic carbocycles. The van der Waals surface area contributed by atoms with Crippen molar-refractivity contribution in [2.24, 2.45) is 0 Å². The van der Waals surface area contributed by atoms with Crippen molar-refractivity contribution in [1.29, 1.82) is 0 Å². The molecule has 1 heterocycles. The van der Waals surface area contributed by atoms with E-state index in [1.165, 1.54) is 22.6 Å². The second-order valence-corrected chi connectivity index (χ2v) is 5.09. The molecule has 104 valence electrons. The Kier molecular flexibility index (Phi) is 4.04. The van der Waals surface area contributed by atoms with Gasteiger partial charge in [-0.1, -0.05) is 13.0 Å². The zero-order valence-corrected chi connectivity index (χ0v) is 11.3. The van der Waals surface area contributed by atoms with Gasteiger partial charge in [-0.05, 0) is 17.9 Å². The number of aromatic carboxylic acids is 1. The van der Waals surface area contributed by atoms with Crippen molar-refractivity contribution in [2.45, 2.75) is 11.8 Å². The second-order valence-electron chi connectivity index (χ2n) is 3.79. The summed E-state index contributed by atoms with van der Waals surface area (Å²) in [5.74, 6) is -0.363. The maximum Gasteiger partial charge on any atom is 0.339 e. The van der Waals surface area contributed by atoms with Crippen LogP contribution in [0, 0.1) is 10.1 Å². The maximum atomic E-state index is 11.4. The smallest absolute Gasteiger partial charge is 0.339 e. The van der Waals surface area contributed by atoms with E-state index in [2.05, 4.69) is 5.10 Å². The van der Waals surface area contributed by atoms with E-state index >= 15 is 0 Å². The molecule has 0 saturated carbocycles. The van der Waals surface area contributed by atoms with Crippen molar-refractivity contribution in [1.82, 2.24) is 9.78 Å². The van der Waals surface area contributed by atoms with E-state index in [-0.39, 0.29) is 11.3 Å². The number of nitro groups is 1. The molecule has 0 atom stereocenters. The van der Waals surface area contributed by atoms with Crippen molar-refractivity contribution in [3.8, 4) is 5.69 Å². The van der Waals surface area contributed by atoms with E-state index in [0.29, 0.717) is 10.6 Å². The molecule has 0 unspecified atom stereocenters. The topological polar surface area (TPSA) is 98.3 Å². The summed E-state index contributed by atoms with van der Waals surface area (Å²) in [7, 11) is 0. The fourth-order valence-corrected chi connectivity index (χ4v) is 2.56. The number of rotatable bonds is 5. The first-order chi connectivity index (χ1) is 9.54. The van der Waals surface area contributed by atoms with Gasteiger partial charge in [0, 0.05) is 4.90 Å². The molecule has 0 bridgehead atoms. The molecular weight excluding hydrogens is 282 g/mol. The molecule has 0 spiro atoms. The van der Waals surface area contributed by atoms with Gasteiger partial charge in [0.1, 0.15) is 12.4 Å². The largest absolute Gasteiger partial charge is 0.478 e. The lowest BCUT2D eigenvalue weighted by molar-refractivity contribution is -0.384. The number of carbonyl (C=O) groups is 1. The van der Waals surface area contributed by atoms with Gasteiger partial charge in [-0.25, -0.2) is 9.48 Å². The Balaban J connectivity index is 2.57. The Morgan fingerprint density at radius 1 is 1.55 bits per heavy atom. The number of benzene rings is 1. The molecule has 8 heteroatoms. The van der Waals surface area contributed by atoms with Crippen LogP contribution in [-0.2, 0) is 0 Å². The number of thioether (sulfide) groups is 1. The van der Waals surface area contributed by atoms with Crippen molar-refractivity contribution in [2.75, 3.05) is 5.75 Å². The van der Waals surface area contributed by atoms with Crippen LogP contribution in [0.5, 0.6) is 0 Å². The zero-order chi connectivity index (χ0) is 14.7. The number of hydrogen-bond donors (Lipinski definition) is 1. The number of carboxylic acid groups (broad SMARTS) is 1. The van der Waals surface area contributed by atoms with Crippen LogP contribution in [-0.4, -0.2) is 31.5 Å². The van der Waals surface area contributed by atoms with Crippen molar-refractivity contribution < 1.29 is 14.8 Å². The highest BCUT2D eigenvalue weighted by atomic mass is 32.2. The molecule has 0 fully saturated rings. The summed E-state index contributed by atoms with van der Waals surface area (Å²) in [6.07, 6.45) is 2.29. The van der Waals surface area contributed by atoms with Crippen LogP contribution in [0.4, 0.5) is 5.69 Å². The number of hydrogen-bond acceptors (Lipinski definition) is 5. The van der Waals surface area contributed by atoms with Crippen LogP contribution >= 0.6 is 11.8 Å². The lowest BCUT2D eigenvalue weighted by atomic mass is 10.2. The normalized spacial score (nSPS) is 10.4. The Morgan fingerprint density at radius 2 is 2.30 bits per heavy atom. The summed E-state index contributed by atoms with van der Waals surface area (Å²) in [4.78, 5) is 22.1. The maximum absolute atomic E-state index is 11.4. The van der Waals surface area contributed by atoms with Gasteiger partial charge in [-0.2, -0.15) is 5.10 Å². The fourth-order valence-electron chi connectivity index (χ4n) is 1.74. The van der Waals surface area contributed by atoms with Gasteiger partial charge < -0.3 is 5.11 Å². The third kappa shape index (κ3) is 2.64. The molecule has 0 amide bonds. The summed E-state index contributed by atoms with van der Waals surface area (Å²) < 4.78 is 1.21. The van der Waals surface area contributed by atoms with Crippen LogP contribution in [0.1, 0.15) is 17.3 Å². The van der Waals surface area contributed by atoms with Crippen LogP contribution in [0.2, 0.25) is 0 Å². The monoisotopic (exact) mass is 293 g/mol. The van der Waals surface area contributed by atoms with Crippen LogP contribution in [0.15, 0.2) is 35.5 Å². The van der Waals surface area contributed by atoms with Crippen LogP contribution < -0.4 is 0 Å². The molecule has 1 aromatic carbocycles. The molecule has 2 rings (SSSR count). The first-order valence-electron chi connectivity index (χ1n) is 5.73. The zero-order valence-electron chi connectivity index (χ0n) is 10.5. The van der Waals surface area contributed by atoms with Gasteiger partial charge in [-0.3, -0.25) is 10.1 Å². The average molecular weight is 293 g/mol. The minimum Gasteiger partial charge on any atom is -0.478 e. The number of carboxylic acids is 1. The number of nitrogens with zero attached hydrogens (tertiary/aromatic N) is 3. The molecule has 1 aromatic heterocycles.